The fourth-order valence-electron chi connectivity index (χ4n) is 4.24. The first-order valence-electron chi connectivity index (χ1n) is 10.3. The average molecular weight is 389 g/mol. The molecule has 3 heterocycles. The smallest absolute Gasteiger partial charge is 0.255 e. The van der Waals surface area contributed by atoms with Gasteiger partial charge in [-0.2, -0.15) is 0 Å². The van der Waals surface area contributed by atoms with Crippen LogP contribution < -0.4 is 5.32 Å². The lowest BCUT2D eigenvalue weighted by molar-refractivity contribution is -0.141. The summed E-state index contributed by atoms with van der Waals surface area (Å²) in [6.45, 7) is 8.53. The van der Waals surface area contributed by atoms with Crippen molar-refractivity contribution in [2.75, 3.05) is 32.7 Å². The third kappa shape index (κ3) is 4.75. The summed E-state index contributed by atoms with van der Waals surface area (Å²) < 4.78 is 5.36. The molecular formula is C21H31N3O4. The van der Waals surface area contributed by atoms with Crippen molar-refractivity contribution in [1.29, 1.82) is 0 Å². The van der Waals surface area contributed by atoms with Gasteiger partial charge in [0.25, 0.3) is 5.91 Å². The fraction of sp³-hybridized carbons (Fsp3) is 0.667. The van der Waals surface area contributed by atoms with Crippen LogP contribution in [0.25, 0.3) is 0 Å². The number of rotatable bonds is 4. The number of furan rings is 1. The lowest BCUT2D eigenvalue weighted by Gasteiger charge is -2.37. The van der Waals surface area contributed by atoms with Gasteiger partial charge in [0, 0.05) is 32.1 Å². The third-order valence-electron chi connectivity index (χ3n) is 5.85. The number of hydrogen-bond donors (Lipinski definition) is 1. The highest BCUT2D eigenvalue weighted by atomic mass is 16.3. The molecular weight excluding hydrogens is 358 g/mol. The van der Waals surface area contributed by atoms with Crippen molar-refractivity contribution in [3.05, 3.63) is 23.2 Å². The number of carbonyl (C=O) groups is 3. The van der Waals surface area contributed by atoms with Gasteiger partial charge in [-0.1, -0.05) is 6.92 Å². The van der Waals surface area contributed by atoms with Crippen LogP contribution in [0.1, 0.15) is 54.5 Å². The van der Waals surface area contributed by atoms with E-state index < -0.39 is 0 Å². The molecule has 7 heteroatoms. The van der Waals surface area contributed by atoms with Crippen LogP contribution in [0.4, 0.5) is 0 Å². The van der Waals surface area contributed by atoms with Gasteiger partial charge in [0.1, 0.15) is 11.5 Å². The van der Waals surface area contributed by atoms with Crippen LogP contribution in [0, 0.1) is 25.7 Å². The number of nitrogens with one attached hydrogen (secondary N) is 1. The first-order chi connectivity index (χ1) is 13.3. The van der Waals surface area contributed by atoms with Crippen molar-refractivity contribution in [1.82, 2.24) is 15.1 Å². The molecule has 1 unspecified atom stereocenters. The second-order valence-corrected chi connectivity index (χ2v) is 8.20. The van der Waals surface area contributed by atoms with E-state index in [-0.39, 0.29) is 30.2 Å². The van der Waals surface area contributed by atoms with E-state index in [2.05, 4.69) is 12.2 Å². The summed E-state index contributed by atoms with van der Waals surface area (Å²) in [6.07, 6.45) is 3.67. The van der Waals surface area contributed by atoms with Gasteiger partial charge in [-0.15, -0.1) is 0 Å². The van der Waals surface area contributed by atoms with E-state index in [4.69, 9.17) is 4.42 Å². The van der Waals surface area contributed by atoms with Crippen LogP contribution in [0.5, 0.6) is 0 Å². The summed E-state index contributed by atoms with van der Waals surface area (Å²) in [5, 5.41) is 2.68. The lowest BCUT2D eigenvalue weighted by Crippen LogP contribution is -2.48. The second kappa shape index (κ2) is 8.80. The number of piperidine rings is 2. The predicted octanol–water partition coefficient (Wildman–Crippen LogP) is 2.12. The average Bonchev–Trinajstić information content (AvgIpc) is 3.03. The Morgan fingerprint density at radius 1 is 1.11 bits per heavy atom. The molecule has 0 aromatic carbocycles. The molecule has 1 atom stereocenters. The van der Waals surface area contributed by atoms with Crippen LogP contribution in [0.3, 0.4) is 0 Å². The Bertz CT molecular complexity index is 734. The van der Waals surface area contributed by atoms with E-state index in [1.807, 2.05) is 4.90 Å². The minimum Gasteiger partial charge on any atom is -0.466 e. The van der Waals surface area contributed by atoms with E-state index in [0.717, 1.165) is 19.5 Å². The molecule has 1 aromatic heterocycles. The molecule has 1 aromatic rings. The van der Waals surface area contributed by atoms with E-state index in [0.29, 0.717) is 48.9 Å². The molecule has 3 amide bonds. The second-order valence-electron chi connectivity index (χ2n) is 8.20. The van der Waals surface area contributed by atoms with Gasteiger partial charge in [0.2, 0.25) is 11.8 Å². The van der Waals surface area contributed by atoms with Gasteiger partial charge < -0.3 is 19.5 Å². The quantitative estimate of drug-likeness (QED) is 0.855. The third-order valence-corrected chi connectivity index (χ3v) is 5.85. The van der Waals surface area contributed by atoms with E-state index >= 15 is 0 Å². The van der Waals surface area contributed by atoms with Crippen molar-refractivity contribution in [3.8, 4) is 0 Å². The molecule has 154 valence electrons. The molecule has 0 radical (unpaired) electrons. The Hall–Kier alpha value is -2.31. The number of carbonyl (C=O) groups excluding carboxylic acids is 3. The van der Waals surface area contributed by atoms with E-state index in [1.54, 1.807) is 24.8 Å². The van der Waals surface area contributed by atoms with Gasteiger partial charge in [0.05, 0.1) is 12.1 Å². The molecule has 2 aliphatic rings. The van der Waals surface area contributed by atoms with Gasteiger partial charge in [0.15, 0.2) is 0 Å². The topological polar surface area (TPSA) is 82.9 Å². The number of amides is 3. The van der Waals surface area contributed by atoms with Gasteiger partial charge in [-0.25, -0.2) is 0 Å². The largest absolute Gasteiger partial charge is 0.466 e. The maximum atomic E-state index is 12.7. The van der Waals surface area contributed by atoms with Crippen molar-refractivity contribution < 1.29 is 18.8 Å². The van der Waals surface area contributed by atoms with Crippen molar-refractivity contribution in [3.63, 3.8) is 0 Å². The van der Waals surface area contributed by atoms with Crippen LogP contribution >= 0.6 is 0 Å². The summed E-state index contributed by atoms with van der Waals surface area (Å²) in [6, 6.07) is 1.67. The summed E-state index contributed by atoms with van der Waals surface area (Å²) in [5.41, 5.74) is 0.463. The normalized spacial score (nSPS) is 20.9. The maximum absolute atomic E-state index is 12.7. The highest BCUT2D eigenvalue weighted by molar-refractivity contribution is 5.97. The van der Waals surface area contributed by atoms with E-state index in [1.165, 1.54) is 6.42 Å². The van der Waals surface area contributed by atoms with Crippen molar-refractivity contribution >= 4 is 17.7 Å². The Morgan fingerprint density at radius 3 is 2.43 bits per heavy atom. The van der Waals surface area contributed by atoms with Crippen molar-refractivity contribution in [2.24, 2.45) is 11.8 Å². The number of hydrogen-bond acceptors (Lipinski definition) is 4. The number of aryl methyl sites for hydroxylation is 2. The molecule has 28 heavy (non-hydrogen) atoms. The van der Waals surface area contributed by atoms with Crippen LogP contribution in [-0.4, -0.2) is 60.2 Å². The zero-order valence-electron chi connectivity index (χ0n) is 17.1. The molecule has 3 rings (SSSR count). The Kier molecular flexibility index (Phi) is 6.42. The molecule has 2 saturated heterocycles. The Morgan fingerprint density at radius 2 is 1.82 bits per heavy atom. The number of nitrogens with zero attached hydrogens (tertiary/aromatic N) is 2. The van der Waals surface area contributed by atoms with E-state index in [9.17, 15) is 14.4 Å². The highest BCUT2D eigenvalue weighted by Gasteiger charge is 2.31. The first kappa shape index (κ1) is 20.4. The monoisotopic (exact) mass is 389 g/mol. The molecule has 2 aliphatic heterocycles. The Balaban J connectivity index is 1.44. The summed E-state index contributed by atoms with van der Waals surface area (Å²) in [7, 11) is 0. The molecule has 0 bridgehead atoms. The molecule has 0 saturated carbocycles. The summed E-state index contributed by atoms with van der Waals surface area (Å²) >= 11 is 0. The zero-order valence-corrected chi connectivity index (χ0v) is 17.1. The molecule has 0 spiro atoms. The van der Waals surface area contributed by atoms with Crippen LogP contribution in [0.15, 0.2) is 10.5 Å². The minimum absolute atomic E-state index is 0.0143. The van der Waals surface area contributed by atoms with Crippen LogP contribution in [0.2, 0.25) is 0 Å². The standard InChI is InChI=1S/C21H31N3O4/c1-14-5-4-8-24(13-14)21(27)17-6-9-23(10-7-17)19(25)12-22-20(26)18-11-15(2)28-16(18)3/h11,14,17H,4-10,12-13H2,1-3H3,(H,22,26). The summed E-state index contributed by atoms with van der Waals surface area (Å²) in [5.74, 6) is 1.65. The van der Waals surface area contributed by atoms with Gasteiger partial charge >= 0.3 is 0 Å². The molecule has 7 nitrogen and oxygen atoms in total. The first-order valence-corrected chi connectivity index (χ1v) is 10.3. The van der Waals surface area contributed by atoms with Gasteiger partial charge in [-0.3, -0.25) is 14.4 Å². The molecule has 0 aliphatic carbocycles. The fourth-order valence-corrected chi connectivity index (χ4v) is 4.24. The molecule has 2 fully saturated rings. The summed E-state index contributed by atoms with van der Waals surface area (Å²) in [4.78, 5) is 41.1. The lowest BCUT2D eigenvalue weighted by atomic mass is 9.92. The van der Waals surface area contributed by atoms with Gasteiger partial charge in [-0.05, 0) is 51.5 Å². The number of likely N-dealkylation sites (tertiary alicyclic amines) is 2. The zero-order chi connectivity index (χ0) is 20.3. The Labute approximate surface area is 166 Å². The predicted molar refractivity (Wildman–Crippen MR) is 105 cm³/mol. The maximum Gasteiger partial charge on any atom is 0.255 e. The SMILES string of the molecule is Cc1cc(C(=O)NCC(=O)N2CCC(C(=O)N3CCCC(C)C3)CC2)c(C)o1. The highest BCUT2D eigenvalue weighted by Crippen LogP contribution is 2.23. The minimum atomic E-state index is -0.299. The van der Waals surface area contributed by atoms with Crippen LogP contribution in [-0.2, 0) is 9.59 Å². The molecule has 1 N–H and O–H groups in total. The van der Waals surface area contributed by atoms with Crippen molar-refractivity contribution in [2.45, 2.75) is 46.5 Å².